The van der Waals surface area contributed by atoms with Crippen LogP contribution in [0.2, 0.25) is 20.1 Å². The van der Waals surface area contributed by atoms with Gasteiger partial charge in [-0.3, -0.25) is 0 Å². The predicted molar refractivity (Wildman–Crippen MR) is 124 cm³/mol. The van der Waals surface area contributed by atoms with Gasteiger partial charge in [-0.05, 0) is 24.3 Å². The Morgan fingerprint density at radius 1 is 0.656 bits per heavy atom. The van der Waals surface area contributed by atoms with E-state index in [2.05, 4.69) is 0 Å². The maximum absolute atomic E-state index is 13.2. The lowest BCUT2D eigenvalue weighted by Crippen LogP contribution is -2.50. The molecule has 0 saturated carbocycles. The monoisotopic (exact) mass is 562 g/mol. The molecule has 2 aromatic rings. The summed E-state index contributed by atoms with van der Waals surface area (Å²) in [7, 11) is -5.48. The smallest absolute Gasteiger partial charge is 0.246 e. The van der Waals surface area contributed by atoms with Crippen molar-refractivity contribution in [2.75, 3.05) is 40.4 Å². The largest absolute Gasteiger partial charge is 0.494 e. The van der Waals surface area contributed by atoms with E-state index in [-0.39, 0.29) is 67.6 Å². The van der Waals surface area contributed by atoms with Gasteiger partial charge in [0.25, 0.3) is 0 Å². The average molecular weight is 564 g/mol. The van der Waals surface area contributed by atoms with E-state index >= 15 is 0 Å². The first-order valence-electron chi connectivity index (χ1n) is 9.01. The molecule has 0 N–H and O–H groups in total. The van der Waals surface area contributed by atoms with Crippen molar-refractivity contribution in [1.82, 2.24) is 8.61 Å². The van der Waals surface area contributed by atoms with E-state index in [1.165, 1.54) is 38.5 Å². The molecule has 0 radical (unpaired) electrons. The molecule has 32 heavy (non-hydrogen) atoms. The van der Waals surface area contributed by atoms with Crippen LogP contribution in [0, 0.1) is 0 Å². The van der Waals surface area contributed by atoms with E-state index in [9.17, 15) is 16.8 Å². The summed E-state index contributed by atoms with van der Waals surface area (Å²) in [6.07, 6.45) is 0. The molecule has 2 aromatic carbocycles. The maximum atomic E-state index is 13.2. The Morgan fingerprint density at radius 2 is 0.969 bits per heavy atom. The molecule has 0 bridgehead atoms. The molecular formula is C18H18Cl4N2O6S2. The zero-order chi connectivity index (χ0) is 23.8. The number of sulfonamides is 2. The first-order chi connectivity index (χ1) is 15.0. The Balaban J connectivity index is 1.87. The lowest BCUT2D eigenvalue weighted by Gasteiger charge is -2.33. The van der Waals surface area contributed by atoms with Crippen LogP contribution in [0.1, 0.15) is 0 Å². The van der Waals surface area contributed by atoms with Crippen LogP contribution in [0.3, 0.4) is 0 Å². The van der Waals surface area contributed by atoms with E-state index in [4.69, 9.17) is 55.9 Å². The minimum atomic E-state index is -4.02. The summed E-state index contributed by atoms with van der Waals surface area (Å²) in [5.41, 5.74) is 0. The molecule has 0 spiro atoms. The second kappa shape index (κ2) is 9.71. The second-order valence-electron chi connectivity index (χ2n) is 6.59. The van der Waals surface area contributed by atoms with Gasteiger partial charge in [-0.1, -0.05) is 46.4 Å². The third-order valence-electron chi connectivity index (χ3n) is 4.87. The fourth-order valence-electron chi connectivity index (χ4n) is 3.24. The molecule has 1 aliphatic rings. The highest BCUT2D eigenvalue weighted by Crippen LogP contribution is 2.40. The van der Waals surface area contributed by atoms with Gasteiger partial charge >= 0.3 is 0 Å². The lowest BCUT2D eigenvalue weighted by molar-refractivity contribution is 0.271. The van der Waals surface area contributed by atoms with Gasteiger partial charge in [0.1, 0.15) is 19.8 Å². The third kappa shape index (κ3) is 4.52. The Kier molecular flexibility index (Phi) is 7.78. The molecular weight excluding hydrogens is 546 g/mol. The summed E-state index contributed by atoms with van der Waals surface area (Å²) >= 11 is 24.1. The Bertz CT molecular complexity index is 1150. The highest BCUT2D eigenvalue weighted by Gasteiger charge is 2.37. The quantitative estimate of drug-likeness (QED) is 0.527. The van der Waals surface area contributed by atoms with Crippen molar-refractivity contribution in [1.29, 1.82) is 0 Å². The molecule has 1 heterocycles. The van der Waals surface area contributed by atoms with Crippen molar-refractivity contribution in [3.63, 3.8) is 0 Å². The van der Waals surface area contributed by atoms with Gasteiger partial charge in [0.15, 0.2) is 11.5 Å². The summed E-state index contributed by atoms with van der Waals surface area (Å²) in [5, 5.41) is 0.245. The predicted octanol–water partition coefficient (Wildman–Crippen LogP) is 4.01. The molecule has 0 aromatic heterocycles. The molecule has 0 atom stereocenters. The zero-order valence-electron chi connectivity index (χ0n) is 16.8. The van der Waals surface area contributed by atoms with Crippen molar-refractivity contribution in [2.24, 2.45) is 0 Å². The highest BCUT2D eigenvalue weighted by atomic mass is 35.5. The van der Waals surface area contributed by atoms with Crippen LogP contribution in [-0.2, 0) is 20.0 Å². The summed E-state index contributed by atoms with van der Waals surface area (Å²) in [4.78, 5) is -0.311. The molecule has 0 aliphatic carbocycles. The number of halogens is 4. The van der Waals surface area contributed by atoms with Crippen LogP contribution < -0.4 is 9.47 Å². The van der Waals surface area contributed by atoms with Crippen molar-refractivity contribution < 1.29 is 26.3 Å². The number of hydrogen-bond acceptors (Lipinski definition) is 6. The van der Waals surface area contributed by atoms with E-state index in [0.29, 0.717) is 0 Å². The van der Waals surface area contributed by atoms with Gasteiger partial charge in [0.05, 0.1) is 24.3 Å². The number of methoxy groups -OCH3 is 2. The van der Waals surface area contributed by atoms with Crippen molar-refractivity contribution in [3.8, 4) is 11.5 Å². The Labute approximate surface area is 206 Å². The fraction of sp³-hybridized carbons (Fsp3) is 0.333. The molecule has 1 aliphatic heterocycles. The molecule has 1 fully saturated rings. The normalized spacial score (nSPS) is 16.2. The minimum absolute atomic E-state index is 0.0248. The number of rotatable bonds is 6. The zero-order valence-corrected chi connectivity index (χ0v) is 21.5. The minimum Gasteiger partial charge on any atom is -0.494 e. The van der Waals surface area contributed by atoms with Crippen LogP contribution in [0.5, 0.6) is 11.5 Å². The van der Waals surface area contributed by atoms with Crippen LogP contribution >= 0.6 is 46.4 Å². The molecule has 0 unspecified atom stereocenters. The molecule has 3 rings (SSSR count). The van der Waals surface area contributed by atoms with Gasteiger partial charge in [0.2, 0.25) is 20.0 Å². The molecule has 0 amide bonds. The highest BCUT2D eigenvalue weighted by molar-refractivity contribution is 7.89. The summed E-state index contributed by atoms with van der Waals surface area (Å²) < 4.78 is 65.3. The number of piperazine rings is 1. The number of benzene rings is 2. The van der Waals surface area contributed by atoms with Crippen LogP contribution in [0.15, 0.2) is 34.1 Å². The van der Waals surface area contributed by atoms with Gasteiger partial charge in [-0.2, -0.15) is 8.61 Å². The number of hydrogen-bond donors (Lipinski definition) is 0. The summed E-state index contributed by atoms with van der Waals surface area (Å²) in [5.74, 6) is -0.149. The van der Waals surface area contributed by atoms with Gasteiger partial charge in [-0.25, -0.2) is 16.8 Å². The standard InChI is InChI=1S/C18H18Cl4N2O6S2/c1-29-17-13(5-3-11(19)15(17)21)31(25,26)23-7-9-24(10-8-23)32(27,28)14-6-4-12(20)16(22)18(14)30-2/h3-6H,7-10H2,1-2H3. The van der Waals surface area contributed by atoms with E-state index in [1.807, 2.05) is 0 Å². The van der Waals surface area contributed by atoms with Crippen molar-refractivity contribution in [2.45, 2.75) is 9.79 Å². The number of nitrogens with zero attached hydrogens (tertiary/aromatic N) is 2. The van der Waals surface area contributed by atoms with Gasteiger partial charge in [-0.15, -0.1) is 0 Å². The van der Waals surface area contributed by atoms with Crippen LogP contribution in [0.25, 0.3) is 0 Å². The first-order valence-corrected chi connectivity index (χ1v) is 13.4. The second-order valence-corrected chi connectivity index (χ2v) is 12.0. The summed E-state index contributed by atoms with van der Waals surface area (Å²) in [6.45, 7) is -0.355. The molecule has 1 saturated heterocycles. The van der Waals surface area contributed by atoms with Crippen molar-refractivity contribution in [3.05, 3.63) is 44.4 Å². The van der Waals surface area contributed by atoms with E-state index < -0.39 is 20.0 Å². The van der Waals surface area contributed by atoms with Crippen LogP contribution in [-0.4, -0.2) is 65.8 Å². The first kappa shape index (κ1) is 25.6. The van der Waals surface area contributed by atoms with Gasteiger partial charge < -0.3 is 9.47 Å². The Hall–Kier alpha value is -0.980. The Morgan fingerprint density at radius 3 is 1.25 bits per heavy atom. The molecule has 176 valence electrons. The van der Waals surface area contributed by atoms with E-state index in [0.717, 1.165) is 8.61 Å². The summed E-state index contributed by atoms with van der Waals surface area (Å²) in [6, 6.07) is 5.31. The lowest BCUT2D eigenvalue weighted by atomic mass is 10.3. The molecule has 14 heteroatoms. The van der Waals surface area contributed by atoms with Gasteiger partial charge in [0, 0.05) is 26.2 Å². The average Bonchev–Trinajstić information content (AvgIpc) is 2.77. The van der Waals surface area contributed by atoms with E-state index in [1.54, 1.807) is 0 Å². The maximum Gasteiger partial charge on any atom is 0.246 e. The molecule has 8 nitrogen and oxygen atoms in total. The number of ether oxygens (including phenoxy) is 2. The van der Waals surface area contributed by atoms with Crippen LogP contribution in [0.4, 0.5) is 0 Å². The topological polar surface area (TPSA) is 93.2 Å². The SMILES string of the molecule is COc1c(S(=O)(=O)N2CCN(S(=O)(=O)c3ccc(Cl)c(Cl)c3OC)CC2)ccc(Cl)c1Cl. The van der Waals surface area contributed by atoms with Crippen molar-refractivity contribution >= 4 is 66.5 Å². The fourth-order valence-corrected chi connectivity index (χ4v) is 7.30. The third-order valence-corrected chi connectivity index (χ3v) is 10.3.